The van der Waals surface area contributed by atoms with E-state index in [-0.39, 0.29) is 30.0 Å². The number of nitrogens with two attached hydrogens (primary N) is 1. The van der Waals surface area contributed by atoms with Crippen LogP contribution in [0.4, 0.5) is 0 Å². The van der Waals surface area contributed by atoms with Gasteiger partial charge in [-0.2, -0.15) is 0 Å². The molecule has 1 amide bonds. The van der Waals surface area contributed by atoms with Gasteiger partial charge in [0.2, 0.25) is 5.91 Å². The van der Waals surface area contributed by atoms with Gasteiger partial charge in [-0.25, -0.2) is 0 Å². The molecule has 0 saturated carbocycles. The lowest BCUT2D eigenvalue weighted by Crippen LogP contribution is -2.41. The maximum atomic E-state index is 11.7. The summed E-state index contributed by atoms with van der Waals surface area (Å²) in [4.78, 5) is 11.7. The predicted octanol–water partition coefficient (Wildman–Crippen LogP) is 0.195. The normalized spacial score (nSPS) is 27.8. The number of rotatable bonds is 4. The molecule has 4 N–H and O–H groups in total. The van der Waals surface area contributed by atoms with Gasteiger partial charge in [-0.05, 0) is 26.7 Å². The van der Waals surface area contributed by atoms with Crippen molar-refractivity contribution in [3.8, 4) is 0 Å². The molecule has 1 heterocycles. The van der Waals surface area contributed by atoms with Gasteiger partial charge in [0.1, 0.15) is 11.9 Å². The second-order valence-corrected chi connectivity index (χ2v) is 4.22. The second kappa shape index (κ2) is 5.69. The number of amides is 1. The minimum Gasteiger partial charge on any atom is -0.409 e. The quantitative estimate of drug-likeness (QED) is 0.277. The Balaban J connectivity index is 2.33. The van der Waals surface area contributed by atoms with Crippen LogP contribution in [-0.2, 0) is 9.53 Å². The zero-order valence-electron chi connectivity index (χ0n) is 9.64. The van der Waals surface area contributed by atoms with Crippen LogP contribution < -0.4 is 11.1 Å². The molecule has 92 valence electrons. The number of nitrogens with zero attached hydrogens (tertiary/aromatic N) is 1. The van der Waals surface area contributed by atoms with E-state index in [1.165, 1.54) is 0 Å². The first-order valence-corrected chi connectivity index (χ1v) is 5.45. The fraction of sp³-hybridized carbons (Fsp3) is 0.800. The molecule has 1 aliphatic rings. The first kappa shape index (κ1) is 12.8. The van der Waals surface area contributed by atoms with Crippen LogP contribution >= 0.6 is 0 Å². The Morgan fingerprint density at radius 2 is 2.38 bits per heavy atom. The van der Waals surface area contributed by atoms with E-state index in [1.807, 2.05) is 6.92 Å². The molecule has 0 aromatic rings. The van der Waals surface area contributed by atoms with Crippen molar-refractivity contribution in [3.05, 3.63) is 0 Å². The van der Waals surface area contributed by atoms with Crippen LogP contribution in [0, 0.1) is 0 Å². The van der Waals surface area contributed by atoms with Gasteiger partial charge >= 0.3 is 0 Å². The summed E-state index contributed by atoms with van der Waals surface area (Å²) >= 11 is 0. The lowest BCUT2D eigenvalue weighted by atomic mass is 10.1. The molecular weight excluding hydrogens is 210 g/mol. The molecule has 1 aliphatic heterocycles. The minimum absolute atomic E-state index is 0.105. The summed E-state index contributed by atoms with van der Waals surface area (Å²) in [6.07, 6.45) is 1.78. The summed E-state index contributed by atoms with van der Waals surface area (Å²) in [6.45, 7) is 3.75. The van der Waals surface area contributed by atoms with Crippen molar-refractivity contribution < 1.29 is 14.7 Å². The molecule has 3 unspecified atom stereocenters. The highest BCUT2D eigenvalue weighted by molar-refractivity contribution is 5.83. The maximum absolute atomic E-state index is 11.7. The Kier molecular flexibility index (Phi) is 4.54. The molecule has 0 aliphatic carbocycles. The molecule has 6 nitrogen and oxygen atoms in total. The molecule has 6 heteroatoms. The smallest absolute Gasteiger partial charge is 0.249 e. The Hall–Kier alpha value is -1.30. The Morgan fingerprint density at radius 3 is 2.88 bits per heavy atom. The third-order valence-corrected chi connectivity index (χ3v) is 2.56. The molecular formula is C10H19N3O3. The first-order chi connectivity index (χ1) is 7.52. The molecule has 16 heavy (non-hydrogen) atoms. The standard InChI is InChI=1S/C10H19N3O3/c1-6(5-9(11)13-15)12-10(14)8-4-3-7(2)16-8/h6-8,15H,3-5H2,1-2H3,(H2,11,13)(H,12,14). The Morgan fingerprint density at radius 1 is 1.69 bits per heavy atom. The minimum atomic E-state index is -0.357. The largest absolute Gasteiger partial charge is 0.409 e. The van der Waals surface area contributed by atoms with Crippen LogP contribution in [0.1, 0.15) is 33.1 Å². The number of carbonyl (C=O) groups is 1. The highest BCUT2D eigenvalue weighted by atomic mass is 16.5. The van der Waals surface area contributed by atoms with E-state index in [4.69, 9.17) is 15.7 Å². The lowest BCUT2D eigenvalue weighted by molar-refractivity contribution is -0.132. The third kappa shape index (κ3) is 3.69. The van der Waals surface area contributed by atoms with Crippen molar-refractivity contribution >= 4 is 11.7 Å². The van der Waals surface area contributed by atoms with Crippen LogP contribution in [0.15, 0.2) is 5.16 Å². The molecule has 3 atom stereocenters. The van der Waals surface area contributed by atoms with Gasteiger partial charge < -0.3 is 21.0 Å². The number of hydrogen-bond acceptors (Lipinski definition) is 4. The molecule has 0 aromatic carbocycles. The van der Waals surface area contributed by atoms with Crippen molar-refractivity contribution in [2.45, 2.75) is 51.4 Å². The highest BCUT2D eigenvalue weighted by Gasteiger charge is 2.28. The van der Waals surface area contributed by atoms with Crippen LogP contribution in [0.3, 0.4) is 0 Å². The van der Waals surface area contributed by atoms with E-state index in [0.717, 1.165) is 12.8 Å². The van der Waals surface area contributed by atoms with E-state index in [0.29, 0.717) is 6.42 Å². The van der Waals surface area contributed by atoms with E-state index in [9.17, 15) is 4.79 Å². The zero-order valence-corrected chi connectivity index (χ0v) is 9.64. The lowest BCUT2D eigenvalue weighted by Gasteiger charge is -2.16. The highest BCUT2D eigenvalue weighted by Crippen LogP contribution is 2.19. The van der Waals surface area contributed by atoms with Gasteiger partial charge in [-0.3, -0.25) is 4.79 Å². The second-order valence-electron chi connectivity index (χ2n) is 4.22. The van der Waals surface area contributed by atoms with Crippen molar-refractivity contribution in [3.63, 3.8) is 0 Å². The van der Waals surface area contributed by atoms with E-state index < -0.39 is 0 Å². The first-order valence-electron chi connectivity index (χ1n) is 5.45. The average molecular weight is 229 g/mol. The Labute approximate surface area is 94.8 Å². The molecule has 1 saturated heterocycles. The topological polar surface area (TPSA) is 96.9 Å². The van der Waals surface area contributed by atoms with Crippen LogP contribution in [0.25, 0.3) is 0 Å². The molecule has 0 radical (unpaired) electrons. The maximum Gasteiger partial charge on any atom is 0.249 e. The summed E-state index contributed by atoms with van der Waals surface area (Å²) in [5.41, 5.74) is 5.34. The van der Waals surface area contributed by atoms with Crippen molar-refractivity contribution in [2.75, 3.05) is 0 Å². The van der Waals surface area contributed by atoms with Crippen LogP contribution in [0.5, 0.6) is 0 Å². The number of ether oxygens (including phenoxy) is 1. The summed E-state index contributed by atoms with van der Waals surface area (Å²) in [5.74, 6) is -0.0175. The zero-order chi connectivity index (χ0) is 12.1. The third-order valence-electron chi connectivity index (χ3n) is 2.56. The van der Waals surface area contributed by atoms with Crippen molar-refractivity contribution in [1.29, 1.82) is 0 Å². The Bertz CT molecular complexity index is 280. The van der Waals surface area contributed by atoms with Gasteiger partial charge in [0.15, 0.2) is 0 Å². The number of amidine groups is 1. The van der Waals surface area contributed by atoms with Gasteiger partial charge in [-0.1, -0.05) is 5.16 Å². The molecule has 0 bridgehead atoms. The number of nitrogens with one attached hydrogen (secondary N) is 1. The van der Waals surface area contributed by atoms with E-state index in [1.54, 1.807) is 6.92 Å². The number of hydrogen-bond donors (Lipinski definition) is 3. The van der Waals surface area contributed by atoms with Gasteiger partial charge in [0, 0.05) is 12.5 Å². The van der Waals surface area contributed by atoms with Gasteiger partial charge in [0.25, 0.3) is 0 Å². The van der Waals surface area contributed by atoms with Crippen molar-refractivity contribution in [2.24, 2.45) is 10.9 Å². The molecule has 1 fully saturated rings. The summed E-state index contributed by atoms with van der Waals surface area (Å²) in [5, 5.41) is 14.0. The molecule has 0 spiro atoms. The van der Waals surface area contributed by atoms with Crippen LogP contribution in [-0.4, -0.2) is 35.2 Å². The van der Waals surface area contributed by atoms with E-state index >= 15 is 0 Å². The van der Waals surface area contributed by atoms with Crippen molar-refractivity contribution in [1.82, 2.24) is 5.32 Å². The predicted molar refractivity (Wildman–Crippen MR) is 59.2 cm³/mol. The molecule has 1 rings (SSSR count). The summed E-state index contributed by atoms with van der Waals surface area (Å²) in [6, 6.07) is -0.164. The van der Waals surface area contributed by atoms with E-state index in [2.05, 4.69) is 10.5 Å². The summed E-state index contributed by atoms with van der Waals surface area (Å²) in [7, 11) is 0. The fourth-order valence-corrected chi connectivity index (χ4v) is 1.74. The fourth-order valence-electron chi connectivity index (χ4n) is 1.74. The molecule has 0 aromatic heterocycles. The van der Waals surface area contributed by atoms with Gasteiger partial charge in [-0.15, -0.1) is 0 Å². The van der Waals surface area contributed by atoms with Crippen LogP contribution in [0.2, 0.25) is 0 Å². The van der Waals surface area contributed by atoms with Gasteiger partial charge in [0.05, 0.1) is 6.10 Å². The number of carbonyl (C=O) groups excluding carboxylic acids is 1. The monoisotopic (exact) mass is 229 g/mol. The SMILES string of the molecule is CC(CC(N)=NO)NC(=O)C1CCC(C)O1. The average Bonchev–Trinajstić information content (AvgIpc) is 2.64. The number of oxime groups is 1. The summed E-state index contributed by atoms with van der Waals surface area (Å²) < 4.78 is 5.43.